The van der Waals surface area contributed by atoms with Gasteiger partial charge in [0.2, 0.25) is 5.95 Å². The molecule has 2 aromatic carbocycles. The normalized spacial score (nSPS) is 17.5. The van der Waals surface area contributed by atoms with Crippen LogP contribution in [-0.2, 0) is 6.54 Å². The van der Waals surface area contributed by atoms with Crippen molar-refractivity contribution in [2.24, 2.45) is 0 Å². The van der Waals surface area contributed by atoms with Crippen LogP contribution in [0.3, 0.4) is 0 Å². The zero-order valence-corrected chi connectivity index (χ0v) is 17.4. The number of nitrogens with zero attached hydrogens (tertiary/aromatic N) is 3. The molecule has 1 aromatic heterocycles. The number of piperazine rings is 1. The molecule has 0 amide bonds. The maximum Gasteiger partial charge on any atom is 0.207 e. The van der Waals surface area contributed by atoms with Crippen molar-refractivity contribution >= 4 is 17.0 Å². The van der Waals surface area contributed by atoms with Gasteiger partial charge in [0.25, 0.3) is 0 Å². The summed E-state index contributed by atoms with van der Waals surface area (Å²) in [5, 5.41) is 3.46. The summed E-state index contributed by atoms with van der Waals surface area (Å²) in [5.74, 6) is 0.898. The minimum absolute atomic E-state index is 0.110. The average Bonchev–Trinajstić information content (AvgIpc) is 2.97. The fourth-order valence-corrected chi connectivity index (χ4v) is 4.19. The quantitative estimate of drug-likeness (QED) is 0.737. The van der Waals surface area contributed by atoms with Crippen LogP contribution in [0.15, 0.2) is 24.3 Å². The Bertz CT molecular complexity index is 1010. The summed E-state index contributed by atoms with van der Waals surface area (Å²) in [6.45, 7) is 13.7. The molecule has 0 saturated carbocycles. The van der Waals surface area contributed by atoms with Crippen molar-refractivity contribution < 1.29 is 4.39 Å². The van der Waals surface area contributed by atoms with Gasteiger partial charge in [-0.15, -0.1) is 0 Å². The lowest BCUT2D eigenvalue weighted by molar-refractivity contribution is 0.487. The summed E-state index contributed by atoms with van der Waals surface area (Å²) < 4.78 is 16.4. The van der Waals surface area contributed by atoms with Crippen LogP contribution in [0, 0.1) is 33.5 Å². The van der Waals surface area contributed by atoms with Crippen molar-refractivity contribution in [3.63, 3.8) is 0 Å². The topological polar surface area (TPSA) is 33.1 Å². The third kappa shape index (κ3) is 3.28. The first-order chi connectivity index (χ1) is 13.3. The molecule has 0 bridgehead atoms. The fourth-order valence-electron chi connectivity index (χ4n) is 4.19. The van der Waals surface area contributed by atoms with Crippen LogP contribution in [0.2, 0.25) is 0 Å². The van der Waals surface area contributed by atoms with E-state index in [0.717, 1.165) is 42.2 Å². The number of hydrogen-bond donors (Lipinski definition) is 1. The van der Waals surface area contributed by atoms with Crippen LogP contribution in [0.4, 0.5) is 10.3 Å². The Morgan fingerprint density at radius 3 is 2.39 bits per heavy atom. The SMILES string of the molecule is Cc1cc2nc(N3CCNC[C@@H]3C)n(Cc3cc(C)c(F)c(C)c3)c2cc1C. The van der Waals surface area contributed by atoms with E-state index in [-0.39, 0.29) is 5.82 Å². The highest BCUT2D eigenvalue weighted by Gasteiger charge is 2.24. The lowest BCUT2D eigenvalue weighted by Crippen LogP contribution is -2.50. The first kappa shape index (κ1) is 18.9. The summed E-state index contributed by atoms with van der Waals surface area (Å²) in [6.07, 6.45) is 0. The summed E-state index contributed by atoms with van der Waals surface area (Å²) in [5.41, 5.74) is 7.19. The summed E-state index contributed by atoms with van der Waals surface area (Å²) in [4.78, 5) is 7.43. The maximum atomic E-state index is 14.1. The van der Waals surface area contributed by atoms with E-state index in [9.17, 15) is 4.39 Å². The highest BCUT2D eigenvalue weighted by molar-refractivity contribution is 5.81. The third-order valence-electron chi connectivity index (χ3n) is 5.94. The van der Waals surface area contributed by atoms with Crippen molar-refractivity contribution in [2.45, 2.75) is 47.2 Å². The smallest absolute Gasteiger partial charge is 0.207 e. The van der Waals surface area contributed by atoms with Gasteiger partial charge in [-0.05, 0) is 74.6 Å². The van der Waals surface area contributed by atoms with Gasteiger partial charge in [-0.25, -0.2) is 9.37 Å². The second-order valence-electron chi connectivity index (χ2n) is 8.21. The van der Waals surface area contributed by atoms with Crippen LogP contribution in [0.1, 0.15) is 34.7 Å². The Kier molecular flexibility index (Phi) is 4.88. The standard InChI is InChI=1S/C23H29FN4/c1-14-10-20-21(11-15(14)2)28(13-19-8-16(3)22(24)17(4)9-19)23(26-20)27-7-6-25-12-18(27)5/h8-11,18,25H,6-7,12-13H2,1-5H3/t18-/m0/s1. The van der Waals surface area contributed by atoms with Gasteiger partial charge in [-0.3, -0.25) is 0 Å². The van der Waals surface area contributed by atoms with Gasteiger partial charge >= 0.3 is 0 Å². The second kappa shape index (κ2) is 7.21. The molecule has 0 aliphatic carbocycles. The summed E-state index contributed by atoms with van der Waals surface area (Å²) in [6, 6.07) is 8.71. The van der Waals surface area contributed by atoms with Crippen LogP contribution in [0.25, 0.3) is 11.0 Å². The number of benzene rings is 2. The molecular weight excluding hydrogens is 351 g/mol. The lowest BCUT2D eigenvalue weighted by atomic mass is 10.1. The second-order valence-corrected chi connectivity index (χ2v) is 8.21. The Balaban J connectivity index is 1.87. The van der Waals surface area contributed by atoms with Crippen LogP contribution in [0.5, 0.6) is 0 Å². The Labute approximate surface area is 166 Å². The molecule has 148 valence electrons. The van der Waals surface area contributed by atoms with Gasteiger partial charge in [0.15, 0.2) is 0 Å². The largest absolute Gasteiger partial charge is 0.337 e. The number of rotatable bonds is 3. The van der Waals surface area contributed by atoms with E-state index in [4.69, 9.17) is 4.98 Å². The number of anilines is 1. The molecule has 0 spiro atoms. The number of aromatic nitrogens is 2. The van der Waals surface area contributed by atoms with Crippen LogP contribution < -0.4 is 10.2 Å². The summed E-state index contributed by atoms with van der Waals surface area (Å²) >= 11 is 0. The number of aryl methyl sites for hydroxylation is 4. The molecule has 1 aliphatic heterocycles. The van der Waals surface area contributed by atoms with Gasteiger partial charge in [0, 0.05) is 25.7 Å². The van der Waals surface area contributed by atoms with Crippen LogP contribution in [-0.4, -0.2) is 35.2 Å². The number of fused-ring (bicyclic) bond motifs is 1. The fraction of sp³-hybridized carbons (Fsp3) is 0.435. The summed E-state index contributed by atoms with van der Waals surface area (Å²) in [7, 11) is 0. The molecule has 3 aromatic rings. The van der Waals surface area contributed by atoms with Crippen LogP contribution >= 0.6 is 0 Å². The van der Waals surface area contributed by atoms with Gasteiger partial charge in [-0.1, -0.05) is 12.1 Å². The highest BCUT2D eigenvalue weighted by atomic mass is 19.1. The number of halogens is 1. The first-order valence-corrected chi connectivity index (χ1v) is 10.1. The Hall–Kier alpha value is -2.40. The third-order valence-corrected chi connectivity index (χ3v) is 5.94. The minimum atomic E-state index is -0.110. The van der Waals surface area contributed by atoms with Gasteiger partial charge in [0.05, 0.1) is 17.6 Å². The molecule has 2 heterocycles. The van der Waals surface area contributed by atoms with Gasteiger partial charge in [-0.2, -0.15) is 0 Å². The lowest BCUT2D eigenvalue weighted by Gasteiger charge is -2.35. The van der Waals surface area contributed by atoms with E-state index in [2.05, 4.69) is 47.7 Å². The molecule has 1 saturated heterocycles. The zero-order valence-electron chi connectivity index (χ0n) is 17.4. The van der Waals surface area contributed by atoms with E-state index in [1.54, 1.807) is 0 Å². The molecule has 0 unspecified atom stereocenters. The first-order valence-electron chi connectivity index (χ1n) is 10.1. The predicted octanol–water partition coefficient (Wildman–Crippen LogP) is 4.26. The molecular formula is C23H29FN4. The maximum absolute atomic E-state index is 14.1. The van der Waals surface area contributed by atoms with E-state index >= 15 is 0 Å². The van der Waals surface area contributed by atoms with Crippen molar-refractivity contribution in [1.29, 1.82) is 0 Å². The van der Waals surface area contributed by atoms with Gasteiger partial charge < -0.3 is 14.8 Å². The minimum Gasteiger partial charge on any atom is -0.337 e. The monoisotopic (exact) mass is 380 g/mol. The molecule has 1 atom stereocenters. The number of nitrogens with one attached hydrogen (secondary N) is 1. The zero-order chi connectivity index (χ0) is 20.0. The van der Waals surface area contributed by atoms with Crippen molar-refractivity contribution in [1.82, 2.24) is 14.9 Å². The van der Waals surface area contributed by atoms with Crippen molar-refractivity contribution in [3.8, 4) is 0 Å². The van der Waals surface area contributed by atoms with E-state index in [1.165, 1.54) is 11.1 Å². The number of imidazole rings is 1. The Morgan fingerprint density at radius 2 is 1.71 bits per heavy atom. The molecule has 0 radical (unpaired) electrons. The molecule has 4 nitrogen and oxygen atoms in total. The number of hydrogen-bond acceptors (Lipinski definition) is 3. The van der Waals surface area contributed by atoms with E-state index in [1.807, 2.05) is 26.0 Å². The molecule has 1 aliphatic rings. The predicted molar refractivity (Wildman–Crippen MR) is 114 cm³/mol. The Morgan fingerprint density at radius 1 is 1.04 bits per heavy atom. The molecule has 5 heteroatoms. The highest BCUT2D eigenvalue weighted by Crippen LogP contribution is 2.29. The molecule has 1 fully saturated rings. The van der Waals surface area contributed by atoms with Crippen molar-refractivity contribution in [2.75, 3.05) is 24.5 Å². The molecule has 28 heavy (non-hydrogen) atoms. The molecule has 4 rings (SSSR count). The average molecular weight is 381 g/mol. The van der Waals surface area contributed by atoms with Crippen molar-refractivity contribution in [3.05, 3.63) is 57.9 Å². The van der Waals surface area contributed by atoms with Gasteiger partial charge in [0.1, 0.15) is 5.82 Å². The van der Waals surface area contributed by atoms with E-state index in [0.29, 0.717) is 23.7 Å². The molecule has 1 N–H and O–H groups in total. The van der Waals surface area contributed by atoms with E-state index < -0.39 is 0 Å².